The molecular formula is C36H26O5S. The standard InChI is InChI=1S/C36H26O5S/c37-28-21-29(24-13-5-1-6-14-24)34(30(22-28)25-15-7-2-8-16-25)35-31(26-17-9-3-10-18-26)23-32(38)36(42(39,40)41)33(35)27-19-11-4-12-20-27/h1-23,37-38H,(H,39,40,41). The van der Waals surface area contributed by atoms with Gasteiger partial charge < -0.3 is 10.2 Å². The molecule has 5 nitrogen and oxygen atoms in total. The normalized spacial score (nSPS) is 11.4. The van der Waals surface area contributed by atoms with Crippen LogP contribution in [-0.4, -0.2) is 23.2 Å². The maximum absolute atomic E-state index is 13.0. The smallest absolute Gasteiger partial charge is 0.298 e. The highest BCUT2D eigenvalue weighted by Gasteiger charge is 2.31. The molecular weight excluding hydrogens is 544 g/mol. The molecule has 42 heavy (non-hydrogen) atoms. The second-order valence-electron chi connectivity index (χ2n) is 9.88. The van der Waals surface area contributed by atoms with Gasteiger partial charge in [-0.05, 0) is 62.7 Å². The van der Waals surface area contributed by atoms with Crippen LogP contribution in [0.2, 0.25) is 0 Å². The minimum atomic E-state index is -4.90. The Kier molecular flexibility index (Phi) is 7.08. The molecule has 0 atom stereocenters. The highest BCUT2D eigenvalue weighted by Crippen LogP contribution is 2.53. The van der Waals surface area contributed by atoms with E-state index < -0.39 is 20.8 Å². The van der Waals surface area contributed by atoms with Crippen LogP contribution in [0, 0.1) is 0 Å². The molecule has 6 heteroatoms. The summed E-state index contributed by atoms with van der Waals surface area (Å²) in [5, 5.41) is 22.3. The second kappa shape index (κ2) is 11.0. The van der Waals surface area contributed by atoms with Gasteiger partial charge in [0.05, 0.1) is 0 Å². The van der Waals surface area contributed by atoms with Crippen LogP contribution in [0.15, 0.2) is 144 Å². The van der Waals surface area contributed by atoms with Crippen molar-refractivity contribution in [1.82, 2.24) is 0 Å². The Bertz CT molecular complexity index is 1930. The zero-order valence-corrected chi connectivity index (χ0v) is 23.2. The third-order valence-electron chi connectivity index (χ3n) is 7.21. The lowest BCUT2D eigenvalue weighted by atomic mass is 9.80. The fraction of sp³-hybridized carbons (Fsp3) is 0. The first-order chi connectivity index (χ1) is 20.3. The van der Waals surface area contributed by atoms with Crippen LogP contribution in [0.1, 0.15) is 0 Å². The number of hydrogen-bond acceptors (Lipinski definition) is 4. The number of hydrogen-bond donors (Lipinski definition) is 3. The van der Waals surface area contributed by atoms with Crippen LogP contribution >= 0.6 is 0 Å². The van der Waals surface area contributed by atoms with E-state index in [1.54, 1.807) is 36.4 Å². The van der Waals surface area contributed by atoms with Crippen molar-refractivity contribution in [2.24, 2.45) is 0 Å². The summed E-state index contributed by atoms with van der Waals surface area (Å²) < 4.78 is 36.5. The number of benzene rings is 6. The summed E-state index contributed by atoms with van der Waals surface area (Å²) in [5.41, 5.74) is 5.92. The van der Waals surface area contributed by atoms with E-state index in [2.05, 4.69) is 0 Å². The summed E-state index contributed by atoms with van der Waals surface area (Å²) in [6, 6.07) is 41.9. The largest absolute Gasteiger partial charge is 0.508 e. The first-order valence-electron chi connectivity index (χ1n) is 13.3. The van der Waals surface area contributed by atoms with Crippen molar-refractivity contribution in [2.75, 3.05) is 0 Å². The molecule has 0 radical (unpaired) electrons. The minimum Gasteiger partial charge on any atom is -0.508 e. The van der Waals surface area contributed by atoms with Crippen LogP contribution in [0.4, 0.5) is 0 Å². The topological polar surface area (TPSA) is 94.8 Å². The van der Waals surface area contributed by atoms with Gasteiger partial charge in [-0.3, -0.25) is 4.55 Å². The predicted molar refractivity (Wildman–Crippen MR) is 167 cm³/mol. The molecule has 0 bridgehead atoms. The lowest BCUT2D eigenvalue weighted by molar-refractivity contribution is 0.444. The third kappa shape index (κ3) is 5.05. The van der Waals surface area contributed by atoms with Gasteiger partial charge in [0.2, 0.25) is 0 Å². The maximum atomic E-state index is 13.0. The van der Waals surface area contributed by atoms with Gasteiger partial charge >= 0.3 is 0 Å². The van der Waals surface area contributed by atoms with Gasteiger partial charge in [0.15, 0.2) is 0 Å². The molecule has 3 N–H and O–H groups in total. The zero-order valence-electron chi connectivity index (χ0n) is 22.3. The SMILES string of the molecule is O=S(=O)(O)c1c(O)cc(-c2ccccc2)c(-c2c(-c3ccccc3)cc(O)cc2-c2ccccc2)c1-c1ccccc1. The number of phenolic OH excluding ortho intramolecular Hbond substituents is 2. The predicted octanol–water partition coefficient (Wildman–Crippen LogP) is 8.68. The van der Waals surface area contributed by atoms with Crippen molar-refractivity contribution in [3.8, 4) is 67.1 Å². The number of rotatable bonds is 6. The molecule has 0 unspecified atom stereocenters. The molecule has 6 aromatic carbocycles. The Morgan fingerprint density at radius 2 is 0.786 bits per heavy atom. The van der Waals surface area contributed by atoms with Crippen molar-refractivity contribution in [3.63, 3.8) is 0 Å². The third-order valence-corrected chi connectivity index (χ3v) is 8.14. The van der Waals surface area contributed by atoms with Gasteiger partial charge in [-0.25, -0.2) is 0 Å². The molecule has 0 aliphatic heterocycles. The van der Waals surface area contributed by atoms with Gasteiger partial charge in [0, 0.05) is 11.1 Å². The lowest BCUT2D eigenvalue weighted by Crippen LogP contribution is -2.05. The first kappa shape index (κ1) is 27.0. The Balaban J connectivity index is 1.91. The molecule has 0 saturated carbocycles. The number of aromatic hydroxyl groups is 2. The number of phenols is 2. The van der Waals surface area contributed by atoms with E-state index in [0.29, 0.717) is 33.4 Å². The molecule has 0 saturated heterocycles. The van der Waals surface area contributed by atoms with Crippen molar-refractivity contribution in [3.05, 3.63) is 140 Å². The molecule has 0 amide bonds. The highest BCUT2D eigenvalue weighted by molar-refractivity contribution is 7.86. The average molecular weight is 571 g/mol. The van der Waals surface area contributed by atoms with E-state index in [4.69, 9.17) is 0 Å². The van der Waals surface area contributed by atoms with Crippen molar-refractivity contribution < 1.29 is 23.2 Å². The van der Waals surface area contributed by atoms with Crippen LogP contribution in [0.3, 0.4) is 0 Å². The summed E-state index contributed by atoms with van der Waals surface area (Å²) in [6.07, 6.45) is 0. The van der Waals surface area contributed by atoms with Crippen LogP contribution in [0.5, 0.6) is 11.5 Å². The fourth-order valence-corrected chi connectivity index (χ4v) is 6.29. The Morgan fingerprint density at radius 3 is 1.17 bits per heavy atom. The molecule has 0 spiro atoms. The van der Waals surface area contributed by atoms with E-state index in [9.17, 15) is 23.2 Å². The molecule has 6 aromatic rings. The lowest BCUT2D eigenvalue weighted by Gasteiger charge is -2.25. The summed E-state index contributed by atoms with van der Waals surface area (Å²) in [5.74, 6) is -0.534. The van der Waals surface area contributed by atoms with Gasteiger partial charge in [0.1, 0.15) is 16.4 Å². The summed E-state index contributed by atoms with van der Waals surface area (Å²) in [6.45, 7) is 0. The summed E-state index contributed by atoms with van der Waals surface area (Å²) in [4.78, 5) is -0.588. The molecule has 6 rings (SSSR count). The summed E-state index contributed by atoms with van der Waals surface area (Å²) >= 11 is 0. The van der Waals surface area contributed by atoms with Gasteiger partial charge in [-0.15, -0.1) is 0 Å². The molecule has 0 aromatic heterocycles. The Morgan fingerprint density at radius 1 is 0.429 bits per heavy atom. The highest BCUT2D eigenvalue weighted by atomic mass is 32.2. The first-order valence-corrected chi connectivity index (χ1v) is 14.7. The zero-order chi connectivity index (χ0) is 29.3. The second-order valence-corrected chi connectivity index (χ2v) is 11.2. The quantitative estimate of drug-likeness (QED) is 0.174. The van der Waals surface area contributed by atoms with Crippen molar-refractivity contribution >= 4 is 10.1 Å². The van der Waals surface area contributed by atoms with Crippen LogP contribution in [-0.2, 0) is 10.1 Å². The fourth-order valence-electron chi connectivity index (χ4n) is 5.48. The van der Waals surface area contributed by atoms with Crippen molar-refractivity contribution in [1.29, 1.82) is 0 Å². The van der Waals surface area contributed by atoms with E-state index in [-0.39, 0.29) is 11.3 Å². The van der Waals surface area contributed by atoms with Gasteiger partial charge in [-0.2, -0.15) is 8.42 Å². The van der Waals surface area contributed by atoms with E-state index in [0.717, 1.165) is 16.7 Å². The average Bonchev–Trinajstić information content (AvgIpc) is 3.01. The van der Waals surface area contributed by atoms with E-state index in [1.807, 2.05) is 97.1 Å². The summed E-state index contributed by atoms with van der Waals surface area (Å²) in [7, 11) is -4.90. The van der Waals surface area contributed by atoms with Crippen LogP contribution in [0.25, 0.3) is 55.6 Å². The minimum absolute atomic E-state index is 0.0350. The molecule has 0 aliphatic rings. The van der Waals surface area contributed by atoms with Gasteiger partial charge in [0.25, 0.3) is 10.1 Å². The van der Waals surface area contributed by atoms with E-state index >= 15 is 0 Å². The van der Waals surface area contributed by atoms with E-state index in [1.165, 1.54) is 6.07 Å². The molecule has 0 aliphatic carbocycles. The molecule has 206 valence electrons. The Labute approximate surface area is 244 Å². The Hall–Kier alpha value is -5.17. The molecule has 0 fully saturated rings. The van der Waals surface area contributed by atoms with Gasteiger partial charge in [-0.1, -0.05) is 121 Å². The van der Waals surface area contributed by atoms with Crippen LogP contribution < -0.4 is 0 Å². The van der Waals surface area contributed by atoms with Crippen molar-refractivity contribution in [2.45, 2.75) is 4.90 Å². The monoisotopic (exact) mass is 570 g/mol. The maximum Gasteiger partial charge on any atom is 0.298 e. The molecule has 0 heterocycles.